The quantitative estimate of drug-likeness (QED) is 0.466. The molecule has 120 valence electrons. The van der Waals surface area contributed by atoms with E-state index in [-0.39, 0.29) is 0 Å². The van der Waals surface area contributed by atoms with Crippen LogP contribution in [0.5, 0.6) is 0 Å². The van der Waals surface area contributed by atoms with Gasteiger partial charge in [-0.3, -0.25) is 0 Å². The fourth-order valence-corrected chi connectivity index (χ4v) is 2.92. The first-order valence-electron chi connectivity index (χ1n) is 9.11. The van der Waals surface area contributed by atoms with Gasteiger partial charge in [-0.25, -0.2) is 0 Å². The summed E-state index contributed by atoms with van der Waals surface area (Å²) in [6, 6.07) is 11.0. The van der Waals surface area contributed by atoms with E-state index in [4.69, 9.17) is 0 Å². The molecule has 1 aromatic carbocycles. The van der Waals surface area contributed by atoms with Gasteiger partial charge in [0.05, 0.1) is 0 Å². The zero-order valence-corrected chi connectivity index (χ0v) is 14.2. The maximum atomic E-state index is 3.62. The third-order valence-corrected chi connectivity index (χ3v) is 4.19. The van der Waals surface area contributed by atoms with Crippen molar-refractivity contribution in [1.29, 1.82) is 0 Å². The molecular formula is C20H35N. The topological polar surface area (TPSA) is 12.0 Å². The highest BCUT2D eigenvalue weighted by Gasteiger charge is 2.09. The Balaban J connectivity index is 2.27. The van der Waals surface area contributed by atoms with Crippen molar-refractivity contribution < 1.29 is 0 Å². The summed E-state index contributed by atoms with van der Waals surface area (Å²) in [5.41, 5.74) is 1.49. The average Bonchev–Trinajstić information content (AvgIpc) is 2.51. The highest BCUT2D eigenvalue weighted by Crippen LogP contribution is 2.16. The van der Waals surface area contributed by atoms with Crippen LogP contribution in [0.25, 0.3) is 0 Å². The predicted octanol–water partition coefficient (Wildman–Crippen LogP) is 5.60. The number of hydrogen-bond donors (Lipinski definition) is 1. The number of rotatable bonds is 13. The molecule has 0 aliphatic rings. The lowest BCUT2D eigenvalue weighted by Gasteiger charge is -2.18. The van der Waals surface area contributed by atoms with Crippen LogP contribution in [0.15, 0.2) is 30.3 Å². The van der Waals surface area contributed by atoms with Crippen molar-refractivity contribution in [3.8, 4) is 0 Å². The van der Waals surface area contributed by atoms with Crippen molar-refractivity contribution in [3.05, 3.63) is 35.9 Å². The maximum absolute atomic E-state index is 3.62. The molecule has 0 spiro atoms. The molecule has 1 rings (SSSR count). The third kappa shape index (κ3) is 9.68. The summed E-state index contributed by atoms with van der Waals surface area (Å²) in [6.07, 6.45) is 12.2. The monoisotopic (exact) mass is 289 g/mol. The van der Waals surface area contributed by atoms with E-state index in [0.717, 1.165) is 12.5 Å². The van der Waals surface area contributed by atoms with Gasteiger partial charge in [-0.1, -0.05) is 82.7 Å². The van der Waals surface area contributed by atoms with E-state index in [1.807, 2.05) is 0 Å². The molecule has 0 aromatic heterocycles. The van der Waals surface area contributed by atoms with Crippen LogP contribution in [0.3, 0.4) is 0 Å². The molecule has 1 unspecified atom stereocenters. The average molecular weight is 290 g/mol. The largest absolute Gasteiger partial charge is 0.316 e. The van der Waals surface area contributed by atoms with Crippen LogP contribution in [-0.2, 0) is 6.42 Å². The van der Waals surface area contributed by atoms with Gasteiger partial charge >= 0.3 is 0 Å². The lowest BCUT2D eigenvalue weighted by Crippen LogP contribution is -2.25. The normalized spacial score (nSPS) is 12.5. The van der Waals surface area contributed by atoms with Gasteiger partial charge in [-0.05, 0) is 43.8 Å². The number of nitrogens with one attached hydrogen (secondary N) is 1. The van der Waals surface area contributed by atoms with Crippen LogP contribution in [0.2, 0.25) is 0 Å². The third-order valence-electron chi connectivity index (χ3n) is 4.19. The lowest BCUT2D eigenvalue weighted by atomic mass is 9.93. The molecule has 0 amide bonds. The Kier molecular flexibility index (Phi) is 11.2. The molecule has 0 heterocycles. The molecule has 1 N–H and O–H groups in total. The fraction of sp³-hybridized carbons (Fsp3) is 0.700. The minimum Gasteiger partial charge on any atom is -0.316 e. The molecule has 21 heavy (non-hydrogen) atoms. The lowest BCUT2D eigenvalue weighted by molar-refractivity contribution is 0.419. The summed E-state index contributed by atoms with van der Waals surface area (Å²) in [7, 11) is 0. The standard InChI is InChI=1S/C20H35N/c1-3-5-6-7-8-10-15-20(18-21-16-4-2)17-19-13-11-9-12-14-19/h9,11-14,20-21H,3-8,10,15-18H2,1-2H3. The SMILES string of the molecule is CCCCCCCCC(CNCCC)Cc1ccccc1. The van der Waals surface area contributed by atoms with Gasteiger partial charge in [0, 0.05) is 0 Å². The van der Waals surface area contributed by atoms with E-state index < -0.39 is 0 Å². The molecule has 1 nitrogen and oxygen atoms in total. The predicted molar refractivity (Wildman–Crippen MR) is 94.8 cm³/mol. The van der Waals surface area contributed by atoms with Gasteiger partial charge in [-0.2, -0.15) is 0 Å². The van der Waals surface area contributed by atoms with E-state index in [2.05, 4.69) is 49.5 Å². The molecule has 0 saturated heterocycles. The minimum absolute atomic E-state index is 0.796. The maximum Gasteiger partial charge on any atom is -0.00173 e. The zero-order chi connectivity index (χ0) is 15.2. The molecule has 0 aliphatic heterocycles. The first-order valence-corrected chi connectivity index (χ1v) is 9.11. The highest BCUT2D eigenvalue weighted by molar-refractivity contribution is 5.15. The van der Waals surface area contributed by atoms with Gasteiger partial charge in [-0.15, -0.1) is 0 Å². The second kappa shape index (κ2) is 12.9. The van der Waals surface area contributed by atoms with Gasteiger partial charge in [0.1, 0.15) is 0 Å². The van der Waals surface area contributed by atoms with Gasteiger partial charge in [0.15, 0.2) is 0 Å². The van der Waals surface area contributed by atoms with Gasteiger partial charge in [0.2, 0.25) is 0 Å². The van der Waals surface area contributed by atoms with Gasteiger partial charge in [0.25, 0.3) is 0 Å². The smallest absolute Gasteiger partial charge is 0.00173 e. The Morgan fingerprint density at radius 2 is 1.57 bits per heavy atom. The Morgan fingerprint density at radius 1 is 0.857 bits per heavy atom. The summed E-state index contributed by atoms with van der Waals surface area (Å²) in [5, 5.41) is 3.62. The molecule has 0 saturated carbocycles. The molecule has 1 heteroatoms. The van der Waals surface area contributed by atoms with Crippen LogP contribution < -0.4 is 5.32 Å². The summed E-state index contributed by atoms with van der Waals surface area (Å²) in [5.74, 6) is 0.796. The van der Waals surface area contributed by atoms with Crippen LogP contribution in [0.4, 0.5) is 0 Å². The molecule has 0 aliphatic carbocycles. The van der Waals surface area contributed by atoms with Crippen molar-refractivity contribution in [2.75, 3.05) is 13.1 Å². The van der Waals surface area contributed by atoms with E-state index in [9.17, 15) is 0 Å². The van der Waals surface area contributed by atoms with Crippen molar-refractivity contribution in [1.82, 2.24) is 5.32 Å². The van der Waals surface area contributed by atoms with E-state index in [1.54, 1.807) is 0 Å². The molecule has 0 bridgehead atoms. The minimum atomic E-state index is 0.796. The summed E-state index contributed by atoms with van der Waals surface area (Å²) in [4.78, 5) is 0. The van der Waals surface area contributed by atoms with Gasteiger partial charge < -0.3 is 5.32 Å². The van der Waals surface area contributed by atoms with Crippen molar-refractivity contribution in [3.63, 3.8) is 0 Å². The zero-order valence-electron chi connectivity index (χ0n) is 14.2. The van der Waals surface area contributed by atoms with E-state index in [0.29, 0.717) is 0 Å². The molecule has 0 fully saturated rings. The molecule has 0 radical (unpaired) electrons. The van der Waals surface area contributed by atoms with Crippen LogP contribution >= 0.6 is 0 Å². The fourth-order valence-electron chi connectivity index (χ4n) is 2.92. The van der Waals surface area contributed by atoms with Crippen LogP contribution in [-0.4, -0.2) is 13.1 Å². The second-order valence-electron chi connectivity index (χ2n) is 6.32. The first kappa shape index (κ1) is 18.2. The molecule has 1 atom stereocenters. The van der Waals surface area contributed by atoms with Crippen LogP contribution in [0, 0.1) is 5.92 Å². The Hall–Kier alpha value is -0.820. The molecule has 1 aromatic rings. The number of unbranched alkanes of at least 4 members (excludes halogenated alkanes) is 5. The summed E-state index contributed by atoms with van der Waals surface area (Å²) in [6.45, 7) is 6.86. The number of benzene rings is 1. The summed E-state index contributed by atoms with van der Waals surface area (Å²) < 4.78 is 0. The van der Waals surface area contributed by atoms with Crippen LogP contribution in [0.1, 0.15) is 70.8 Å². The van der Waals surface area contributed by atoms with E-state index in [1.165, 1.54) is 69.9 Å². The van der Waals surface area contributed by atoms with Crippen molar-refractivity contribution >= 4 is 0 Å². The Labute approximate surface area is 132 Å². The van der Waals surface area contributed by atoms with E-state index >= 15 is 0 Å². The summed E-state index contributed by atoms with van der Waals surface area (Å²) >= 11 is 0. The van der Waals surface area contributed by atoms with Crippen molar-refractivity contribution in [2.45, 2.75) is 71.6 Å². The highest BCUT2D eigenvalue weighted by atomic mass is 14.8. The molecular weight excluding hydrogens is 254 g/mol. The first-order chi connectivity index (χ1) is 10.4. The van der Waals surface area contributed by atoms with Crippen molar-refractivity contribution in [2.24, 2.45) is 5.92 Å². The Bertz CT molecular complexity index is 320. The second-order valence-corrected chi connectivity index (χ2v) is 6.32. The number of hydrogen-bond acceptors (Lipinski definition) is 1. The Morgan fingerprint density at radius 3 is 2.29 bits per heavy atom.